The van der Waals surface area contributed by atoms with Crippen molar-refractivity contribution in [2.75, 3.05) is 20.3 Å². The molecule has 1 aromatic heterocycles. The zero-order valence-corrected chi connectivity index (χ0v) is 14.7. The zero-order chi connectivity index (χ0) is 28.4. The van der Waals surface area contributed by atoms with Crippen LogP contribution in [-0.2, 0) is 16.0 Å². The number of nitrogens with zero attached hydrogens (tertiary/aromatic N) is 2. The molecule has 0 spiro atoms. The highest BCUT2D eigenvalue weighted by Gasteiger charge is 2.47. The first-order valence-electron chi connectivity index (χ1n) is 13.8. The highest BCUT2D eigenvalue weighted by atomic mass is 16.7. The summed E-state index contributed by atoms with van der Waals surface area (Å²) in [6.07, 6.45) is -2.73. The Kier molecular flexibility index (Phi) is 1.86. The number of hydrogen-bond donors (Lipinski definition) is 1. The second-order valence-corrected chi connectivity index (χ2v) is 6.76. The molecule has 146 valence electrons. The van der Waals surface area contributed by atoms with Gasteiger partial charge in [0.15, 0.2) is 11.5 Å². The molecule has 3 aliphatic rings. The number of hydrogen-bond acceptors (Lipinski definition) is 4. The van der Waals surface area contributed by atoms with Crippen LogP contribution in [0.25, 0.3) is 10.9 Å². The van der Waals surface area contributed by atoms with Crippen LogP contribution in [0.2, 0.25) is 0 Å². The quantitative estimate of drug-likeness (QED) is 0.681. The molecule has 6 rings (SSSR count). The van der Waals surface area contributed by atoms with Gasteiger partial charge in [-0.05, 0) is 29.3 Å². The number of ether oxygens (including phenoxy) is 2. The SMILES string of the molecule is [2H]c1c([2H])c(C2c3[nH]c4ccccc4c3C([2H])([2H])[C@@H]3C(=O)N(C([2H])([2H])[2H])C([2H])([2H])C(=O)N23)c([2H])c2c1OCO2. The van der Waals surface area contributed by atoms with Crippen LogP contribution >= 0.6 is 0 Å². The van der Waals surface area contributed by atoms with Crippen LogP contribution < -0.4 is 9.47 Å². The highest BCUT2D eigenvalue weighted by molar-refractivity contribution is 5.97. The molecular formula is C22H19N3O4. The molecule has 0 bridgehead atoms. The van der Waals surface area contributed by atoms with E-state index in [0.29, 0.717) is 15.8 Å². The lowest BCUT2D eigenvalue weighted by Crippen LogP contribution is -2.62. The number of fused-ring (bicyclic) bond motifs is 5. The summed E-state index contributed by atoms with van der Waals surface area (Å²) in [4.78, 5) is 30.9. The summed E-state index contributed by atoms with van der Waals surface area (Å²) in [7, 11) is 0. The van der Waals surface area contributed by atoms with E-state index in [1.54, 1.807) is 24.3 Å². The summed E-state index contributed by atoms with van der Waals surface area (Å²) in [6.45, 7) is -7.19. The van der Waals surface area contributed by atoms with Gasteiger partial charge in [0.25, 0.3) is 0 Å². The predicted octanol–water partition coefficient (Wildman–Crippen LogP) is 2.21. The Hall–Kier alpha value is -3.48. The number of amides is 2. The van der Waals surface area contributed by atoms with E-state index in [9.17, 15) is 9.59 Å². The van der Waals surface area contributed by atoms with Gasteiger partial charge in [0.1, 0.15) is 6.04 Å². The van der Waals surface area contributed by atoms with E-state index in [4.69, 9.17) is 23.2 Å². The van der Waals surface area contributed by atoms with Gasteiger partial charge >= 0.3 is 0 Å². The van der Waals surface area contributed by atoms with E-state index in [0.717, 1.165) is 0 Å². The number of piperazine rings is 1. The number of para-hydroxylation sites is 1. The maximum atomic E-state index is 13.8. The third-order valence-electron chi connectivity index (χ3n) is 5.19. The molecule has 1 saturated heterocycles. The van der Waals surface area contributed by atoms with E-state index in [1.165, 1.54) is 0 Å². The van der Waals surface area contributed by atoms with Gasteiger partial charge in [0, 0.05) is 36.8 Å². The summed E-state index contributed by atoms with van der Waals surface area (Å²) < 4.78 is 94.6. The first-order chi connectivity index (χ1) is 18.1. The molecule has 0 radical (unpaired) electrons. The van der Waals surface area contributed by atoms with Crippen molar-refractivity contribution >= 4 is 22.7 Å². The van der Waals surface area contributed by atoms with Crippen LogP contribution in [0, 0.1) is 0 Å². The van der Waals surface area contributed by atoms with Crippen LogP contribution in [0.4, 0.5) is 0 Å². The van der Waals surface area contributed by atoms with Crippen LogP contribution in [0.5, 0.6) is 11.5 Å². The van der Waals surface area contributed by atoms with Gasteiger partial charge in [0.2, 0.25) is 18.6 Å². The van der Waals surface area contributed by atoms with E-state index in [2.05, 4.69) is 4.98 Å². The Morgan fingerprint density at radius 3 is 3.00 bits per heavy atom. The number of carbonyl (C=O) groups excluding carboxylic acids is 2. The number of rotatable bonds is 1. The summed E-state index contributed by atoms with van der Waals surface area (Å²) in [5.41, 5.74) is -0.105. The largest absolute Gasteiger partial charge is 0.454 e. The molecule has 2 aromatic carbocycles. The lowest BCUT2D eigenvalue weighted by molar-refractivity contribution is -0.157. The smallest absolute Gasteiger partial charge is 0.245 e. The van der Waals surface area contributed by atoms with Crippen LogP contribution in [-0.4, -0.2) is 52.9 Å². The molecule has 3 aromatic rings. The zero-order valence-electron chi connectivity index (χ0n) is 24.7. The first-order valence-corrected chi connectivity index (χ1v) is 8.79. The first kappa shape index (κ1) is 9.35. The molecule has 7 heteroatoms. The van der Waals surface area contributed by atoms with Gasteiger partial charge in [-0.25, -0.2) is 0 Å². The van der Waals surface area contributed by atoms with Crippen molar-refractivity contribution in [2.45, 2.75) is 18.5 Å². The second-order valence-electron chi connectivity index (χ2n) is 6.76. The Labute approximate surface area is 180 Å². The molecule has 7 nitrogen and oxygen atoms in total. The number of nitrogens with one attached hydrogen (secondary N) is 1. The average molecular weight is 399 g/mol. The molecule has 0 aliphatic carbocycles. The van der Waals surface area contributed by atoms with Crippen LogP contribution in [0.3, 0.4) is 0 Å². The normalized spacial score (nSPS) is 31.7. The third-order valence-corrected chi connectivity index (χ3v) is 5.19. The topological polar surface area (TPSA) is 74.9 Å². The Morgan fingerprint density at radius 1 is 1.24 bits per heavy atom. The van der Waals surface area contributed by atoms with Gasteiger partial charge in [-0.3, -0.25) is 9.59 Å². The summed E-state index contributed by atoms with van der Waals surface area (Å²) >= 11 is 0. The minimum absolute atomic E-state index is 0.0444. The van der Waals surface area contributed by atoms with E-state index in [1.807, 2.05) is 0 Å². The number of carbonyl (C=O) groups is 2. The Balaban J connectivity index is 1.74. The molecule has 1 N–H and O–H groups in total. The van der Waals surface area contributed by atoms with Gasteiger partial charge < -0.3 is 24.3 Å². The maximum absolute atomic E-state index is 13.8. The molecular weight excluding hydrogens is 370 g/mol. The van der Waals surface area contributed by atoms with Crippen LogP contribution in [0.1, 0.15) is 36.6 Å². The minimum atomic E-state index is -3.43. The lowest BCUT2D eigenvalue weighted by Gasteiger charge is -2.46. The fourth-order valence-corrected chi connectivity index (χ4v) is 3.93. The maximum Gasteiger partial charge on any atom is 0.245 e. The third kappa shape index (κ3) is 2.24. The van der Waals surface area contributed by atoms with E-state index >= 15 is 0 Å². The number of H-pyrrole nitrogens is 1. The predicted molar refractivity (Wildman–Crippen MR) is 105 cm³/mol. The molecule has 1 unspecified atom stereocenters. The molecule has 2 atom stereocenters. The van der Waals surface area contributed by atoms with Crippen molar-refractivity contribution < 1.29 is 32.8 Å². The standard InChI is InChI=1S/C22H19N3O4/c1-24-10-19(26)25-16(22(24)27)9-14-13-4-2-3-5-15(13)23-20(14)21(25)12-6-7-17-18(8-12)29-11-28-17/h2-8,16,21,23H,9-11H2,1H3/t16-,21?/m1/s1/i1D3,6D,7D,8D,9D2,10D2. The molecule has 1 fully saturated rings. The van der Waals surface area contributed by atoms with Gasteiger partial charge in [-0.15, -0.1) is 0 Å². The lowest BCUT2D eigenvalue weighted by atomic mass is 9.86. The Bertz CT molecular complexity index is 1600. The molecule has 0 saturated carbocycles. The molecule has 2 amide bonds. The second kappa shape index (κ2) is 5.76. The van der Waals surface area contributed by atoms with Crippen molar-refractivity contribution in [3.8, 4) is 11.5 Å². The van der Waals surface area contributed by atoms with Gasteiger partial charge in [-0.2, -0.15) is 0 Å². The summed E-state index contributed by atoms with van der Waals surface area (Å²) in [5.74, 6) is -3.42. The number of aromatic nitrogens is 1. The van der Waals surface area contributed by atoms with Crippen molar-refractivity contribution in [3.05, 3.63) is 59.2 Å². The van der Waals surface area contributed by atoms with Crippen molar-refractivity contribution in [1.29, 1.82) is 0 Å². The molecule has 4 heterocycles. The number of likely N-dealkylation sites (N-methyl/N-ethyl adjacent to an activating group) is 1. The minimum Gasteiger partial charge on any atom is -0.454 e. The number of aromatic amines is 1. The number of benzene rings is 2. The Morgan fingerprint density at radius 2 is 2.10 bits per heavy atom. The average Bonchev–Trinajstić information content (AvgIpc) is 3.47. The summed E-state index contributed by atoms with van der Waals surface area (Å²) in [6, 6.07) is 1.07. The molecule has 3 aliphatic heterocycles. The highest BCUT2D eigenvalue weighted by Crippen LogP contribution is 2.44. The van der Waals surface area contributed by atoms with E-state index in [-0.39, 0.29) is 40.0 Å². The fourth-order valence-electron chi connectivity index (χ4n) is 3.93. The van der Waals surface area contributed by atoms with Crippen molar-refractivity contribution in [2.24, 2.45) is 0 Å². The van der Waals surface area contributed by atoms with E-state index < -0.39 is 61.9 Å². The molecule has 29 heavy (non-hydrogen) atoms. The summed E-state index contributed by atoms with van der Waals surface area (Å²) in [5, 5.41) is 0.307. The van der Waals surface area contributed by atoms with Crippen LogP contribution in [0.15, 0.2) is 42.4 Å². The van der Waals surface area contributed by atoms with Crippen molar-refractivity contribution in [1.82, 2.24) is 14.8 Å². The van der Waals surface area contributed by atoms with Crippen molar-refractivity contribution in [3.63, 3.8) is 0 Å². The fraction of sp³-hybridized carbons (Fsp3) is 0.273. The monoisotopic (exact) mass is 399 g/mol. The van der Waals surface area contributed by atoms with Gasteiger partial charge in [0.05, 0.1) is 19.4 Å². The van der Waals surface area contributed by atoms with Gasteiger partial charge in [-0.1, -0.05) is 24.2 Å².